The quantitative estimate of drug-likeness (QED) is 0.745. The molecule has 0 aliphatic heterocycles. The highest BCUT2D eigenvalue weighted by Crippen LogP contribution is 2.31. The fourth-order valence-electron chi connectivity index (χ4n) is 2.28. The summed E-state index contributed by atoms with van der Waals surface area (Å²) in [4.78, 5) is 0. The second-order valence-electron chi connectivity index (χ2n) is 4.63. The Kier molecular flexibility index (Phi) is 4.40. The molecule has 1 nitrogen and oxygen atoms in total. The van der Waals surface area contributed by atoms with Gasteiger partial charge in [-0.1, -0.05) is 62.2 Å². The van der Waals surface area contributed by atoms with Crippen LogP contribution in [0, 0.1) is 0 Å². The number of hydrogen-bond donors (Lipinski definition) is 1. The van der Waals surface area contributed by atoms with E-state index in [4.69, 9.17) is 0 Å². The molecule has 1 N–H and O–H groups in total. The summed E-state index contributed by atoms with van der Waals surface area (Å²) in [6, 6.07) is 16.1. The lowest BCUT2D eigenvalue weighted by atomic mass is 9.95. The zero-order valence-corrected chi connectivity index (χ0v) is 10.9. The summed E-state index contributed by atoms with van der Waals surface area (Å²) in [7, 11) is 0. The van der Waals surface area contributed by atoms with Gasteiger partial charge in [0.05, 0.1) is 0 Å². The van der Waals surface area contributed by atoms with Gasteiger partial charge in [-0.15, -0.1) is 0 Å². The van der Waals surface area contributed by atoms with Gasteiger partial charge in [-0.2, -0.15) is 0 Å². The van der Waals surface area contributed by atoms with Gasteiger partial charge in [-0.3, -0.25) is 0 Å². The van der Waals surface area contributed by atoms with Gasteiger partial charge >= 0.3 is 0 Å². The highest BCUT2D eigenvalue weighted by Gasteiger charge is 2.08. The van der Waals surface area contributed by atoms with Gasteiger partial charge in [-0.05, 0) is 30.0 Å². The fourth-order valence-corrected chi connectivity index (χ4v) is 2.28. The summed E-state index contributed by atoms with van der Waals surface area (Å²) >= 11 is 0. The molecule has 0 aromatic heterocycles. The van der Waals surface area contributed by atoms with Gasteiger partial charge in [0.2, 0.25) is 0 Å². The molecule has 0 bridgehead atoms. The number of aromatic hydroxyl groups is 1. The Labute approximate surface area is 109 Å². The molecule has 2 aromatic rings. The lowest BCUT2D eigenvalue weighted by Crippen LogP contribution is -1.91. The van der Waals surface area contributed by atoms with E-state index in [-0.39, 0.29) is 0 Å². The number of rotatable bonds is 5. The Bertz CT molecular complexity index is 488. The fraction of sp³-hybridized carbons (Fsp3) is 0.294. The van der Waals surface area contributed by atoms with Crippen LogP contribution >= 0.6 is 0 Å². The first-order chi connectivity index (χ1) is 8.83. The first-order valence-electron chi connectivity index (χ1n) is 6.69. The van der Waals surface area contributed by atoms with Gasteiger partial charge in [0.25, 0.3) is 0 Å². The van der Waals surface area contributed by atoms with E-state index in [0.29, 0.717) is 5.75 Å². The molecular weight excluding hydrogens is 220 g/mol. The number of phenolic OH excluding ortho intramolecular Hbond substituents is 1. The lowest BCUT2D eigenvalue weighted by Gasteiger charge is -2.11. The van der Waals surface area contributed by atoms with E-state index in [1.807, 2.05) is 24.3 Å². The maximum absolute atomic E-state index is 10.1. The summed E-state index contributed by atoms with van der Waals surface area (Å²) in [6.07, 6.45) is 4.50. The molecule has 0 atom stereocenters. The van der Waals surface area contributed by atoms with Crippen LogP contribution in [0.15, 0.2) is 48.5 Å². The average Bonchev–Trinajstić information content (AvgIpc) is 2.42. The van der Waals surface area contributed by atoms with Gasteiger partial charge in [-0.25, -0.2) is 0 Å². The zero-order chi connectivity index (χ0) is 12.8. The second-order valence-corrected chi connectivity index (χ2v) is 4.63. The average molecular weight is 240 g/mol. The Morgan fingerprint density at radius 2 is 1.67 bits per heavy atom. The molecule has 1 heteroatoms. The Morgan fingerprint density at radius 3 is 2.39 bits per heavy atom. The number of unbranched alkanes of at least 4 members (excludes halogenated alkanes) is 2. The molecule has 0 unspecified atom stereocenters. The van der Waals surface area contributed by atoms with E-state index < -0.39 is 0 Å². The minimum Gasteiger partial charge on any atom is -0.508 e. The van der Waals surface area contributed by atoms with E-state index in [1.165, 1.54) is 18.4 Å². The SMILES string of the molecule is CCCCCc1c(O)cccc1-c1ccccc1. The molecule has 0 radical (unpaired) electrons. The van der Waals surface area contributed by atoms with E-state index in [2.05, 4.69) is 25.1 Å². The first-order valence-corrected chi connectivity index (χ1v) is 6.69. The molecular formula is C17H20O. The van der Waals surface area contributed by atoms with Gasteiger partial charge < -0.3 is 5.11 Å². The van der Waals surface area contributed by atoms with Crippen molar-refractivity contribution in [2.24, 2.45) is 0 Å². The largest absolute Gasteiger partial charge is 0.508 e. The summed E-state index contributed by atoms with van der Waals surface area (Å²) < 4.78 is 0. The monoisotopic (exact) mass is 240 g/mol. The molecule has 0 spiro atoms. The summed E-state index contributed by atoms with van der Waals surface area (Å²) in [5.41, 5.74) is 3.42. The van der Waals surface area contributed by atoms with E-state index >= 15 is 0 Å². The molecule has 0 aliphatic rings. The van der Waals surface area contributed by atoms with Crippen LogP contribution in [0.1, 0.15) is 31.7 Å². The van der Waals surface area contributed by atoms with Crippen LogP contribution in [0.5, 0.6) is 5.75 Å². The van der Waals surface area contributed by atoms with Crippen molar-refractivity contribution in [2.75, 3.05) is 0 Å². The lowest BCUT2D eigenvalue weighted by molar-refractivity contribution is 0.467. The number of benzene rings is 2. The maximum Gasteiger partial charge on any atom is 0.119 e. The van der Waals surface area contributed by atoms with Gasteiger partial charge in [0.15, 0.2) is 0 Å². The topological polar surface area (TPSA) is 20.2 Å². The van der Waals surface area contributed by atoms with Crippen molar-refractivity contribution >= 4 is 0 Å². The molecule has 0 amide bonds. The maximum atomic E-state index is 10.1. The number of hydrogen-bond acceptors (Lipinski definition) is 1. The Hall–Kier alpha value is -1.76. The Balaban J connectivity index is 2.32. The minimum absolute atomic E-state index is 0.424. The predicted molar refractivity (Wildman–Crippen MR) is 76.8 cm³/mol. The van der Waals surface area contributed by atoms with Crippen molar-refractivity contribution in [3.63, 3.8) is 0 Å². The van der Waals surface area contributed by atoms with Crippen molar-refractivity contribution in [2.45, 2.75) is 32.6 Å². The van der Waals surface area contributed by atoms with Crippen LogP contribution < -0.4 is 0 Å². The zero-order valence-electron chi connectivity index (χ0n) is 10.9. The molecule has 0 fully saturated rings. The van der Waals surface area contributed by atoms with E-state index in [0.717, 1.165) is 24.0 Å². The third kappa shape index (κ3) is 2.92. The number of phenols is 1. The van der Waals surface area contributed by atoms with Crippen molar-refractivity contribution in [1.82, 2.24) is 0 Å². The molecule has 2 rings (SSSR count). The van der Waals surface area contributed by atoms with Crippen LogP contribution in [0.2, 0.25) is 0 Å². The molecule has 18 heavy (non-hydrogen) atoms. The van der Waals surface area contributed by atoms with Gasteiger partial charge in [0.1, 0.15) is 5.75 Å². The normalized spacial score (nSPS) is 10.5. The molecule has 0 saturated carbocycles. The predicted octanol–water partition coefficient (Wildman–Crippen LogP) is 4.79. The molecule has 0 heterocycles. The molecule has 2 aromatic carbocycles. The van der Waals surface area contributed by atoms with Crippen LogP contribution in [0.25, 0.3) is 11.1 Å². The van der Waals surface area contributed by atoms with Crippen molar-refractivity contribution < 1.29 is 5.11 Å². The first kappa shape index (κ1) is 12.7. The van der Waals surface area contributed by atoms with Crippen LogP contribution in [0.3, 0.4) is 0 Å². The second kappa shape index (κ2) is 6.25. The Morgan fingerprint density at radius 1 is 0.889 bits per heavy atom. The van der Waals surface area contributed by atoms with E-state index in [9.17, 15) is 5.11 Å². The smallest absolute Gasteiger partial charge is 0.119 e. The van der Waals surface area contributed by atoms with Crippen molar-refractivity contribution in [3.05, 3.63) is 54.1 Å². The summed E-state index contributed by atoms with van der Waals surface area (Å²) in [5, 5.41) is 10.1. The summed E-state index contributed by atoms with van der Waals surface area (Å²) in [6.45, 7) is 2.20. The van der Waals surface area contributed by atoms with Gasteiger partial charge in [0, 0.05) is 5.56 Å². The highest BCUT2D eigenvalue weighted by molar-refractivity contribution is 5.69. The molecule has 0 aliphatic carbocycles. The van der Waals surface area contributed by atoms with Crippen molar-refractivity contribution in [3.8, 4) is 16.9 Å². The van der Waals surface area contributed by atoms with Crippen LogP contribution in [-0.4, -0.2) is 5.11 Å². The third-order valence-electron chi connectivity index (χ3n) is 3.27. The standard InChI is InChI=1S/C17H20O/c1-2-3-5-11-16-15(12-8-13-17(16)18)14-9-6-4-7-10-14/h4,6-10,12-13,18H,2-3,5,11H2,1H3. The van der Waals surface area contributed by atoms with E-state index in [1.54, 1.807) is 6.07 Å². The third-order valence-corrected chi connectivity index (χ3v) is 3.27. The van der Waals surface area contributed by atoms with Crippen LogP contribution in [-0.2, 0) is 6.42 Å². The molecule has 0 saturated heterocycles. The minimum atomic E-state index is 0.424. The van der Waals surface area contributed by atoms with Crippen LogP contribution in [0.4, 0.5) is 0 Å². The highest BCUT2D eigenvalue weighted by atomic mass is 16.3. The summed E-state index contributed by atoms with van der Waals surface area (Å²) in [5.74, 6) is 0.424. The molecule has 94 valence electrons. The van der Waals surface area contributed by atoms with Crippen molar-refractivity contribution in [1.29, 1.82) is 0 Å².